The number of methoxy groups -OCH3 is 3. The van der Waals surface area contributed by atoms with Gasteiger partial charge in [0.05, 0.1) is 27.5 Å². The summed E-state index contributed by atoms with van der Waals surface area (Å²) in [4.78, 5) is 12.2. The van der Waals surface area contributed by atoms with Crippen molar-refractivity contribution >= 4 is 12.1 Å². The number of ether oxygens (including phenoxy) is 5. The molecule has 1 amide bonds. The number of fused-ring (bicyclic) bond motifs is 1. The number of rotatable bonds is 6. The zero-order valence-corrected chi connectivity index (χ0v) is 15.2. The molecular weight excluding hydrogens is 352 g/mol. The maximum absolute atomic E-state index is 12.2. The van der Waals surface area contributed by atoms with E-state index in [0.29, 0.717) is 34.3 Å². The number of nitrogens with zero attached hydrogens (tertiary/aromatic N) is 1. The second kappa shape index (κ2) is 8.31. The molecule has 0 unspecified atom stereocenters. The largest absolute Gasteiger partial charge is 0.493 e. The fraction of sp³-hybridized carbons (Fsp3) is 0.263. The van der Waals surface area contributed by atoms with Gasteiger partial charge in [-0.1, -0.05) is 12.1 Å². The van der Waals surface area contributed by atoms with E-state index in [1.807, 2.05) is 12.1 Å². The molecule has 2 aromatic carbocycles. The quantitative estimate of drug-likeness (QED) is 0.616. The normalized spacial score (nSPS) is 15.3. The second-order valence-corrected chi connectivity index (χ2v) is 5.56. The van der Waals surface area contributed by atoms with E-state index in [9.17, 15) is 4.79 Å². The van der Waals surface area contributed by atoms with Crippen molar-refractivity contribution in [2.45, 2.75) is 6.10 Å². The zero-order chi connectivity index (χ0) is 19.2. The number of benzene rings is 2. The SMILES string of the molecule is COc1cc(/C=N\NC(=O)[C@@H]2COc3ccccc3O2)cc(OC)c1OC. The van der Waals surface area contributed by atoms with Gasteiger partial charge in [0.2, 0.25) is 11.9 Å². The molecule has 0 spiro atoms. The smallest absolute Gasteiger partial charge is 0.284 e. The fourth-order valence-corrected chi connectivity index (χ4v) is 2.57. The summed E-state index contributed by atoms with van der Waals surface area (Å²) in [5, 5.41) is 3.97. The lowest BCUT2D eigenvalue weighted by Crippen LogP contribution is -2.42. The highest BCUT2D eigenvalue weighted by Crippen LogP contribution is 2.37. The third-order valence-corrected chi connectivity index (χ3v) is 3.88. The van der Waals surface area contributed by atoms with Crippen LogP contribution in [0.25, 0.3) is 0 Å². The van der Waals surface area contributed by atoms with Crippen LogP contribution in [-0.4, -0.2) is 46.2 Å². The van der Waals surface area contributed by atoms with Gasteiger partial charge in [0, 0.05) is 5.56 Å². The van der Waals surface area contributed by atoms with Crippen LogP contribution < -0.4 is 29.1 Å². The lowest BCUT2D eigenvalue weighted by molar-refractivity contribution is -0.130. The molecule has 0 bridgehead atoms. The van der Waals surface area contributed by atoms with Gasteiger partial charge in [0.1, 0.15) is 6.61 Å². The van der Waals surface area contributed by atoms with Crippen LogP contribution in [0, 0.1) is 0 Å². The second-order valence-electron chi connectivity index (χ2n) is 5.56. The number of hydrazone groups is 1. The highest BCUT2D eigenvalue weighted by atomic mass is 16.6. The van der Waals surface area contributed by atoms with Crippen LogP contribution in [0.4, 0.5) is 0 Å². The lowest BCUT2D eigenvalue weighted by atomic mass is 10.2. The van der Waals surface area contributed by atoms with Crippen molar-refractivity contribution in [3.8, 4) is 28.7 Å². The van der Waals surface area contributed by atoms with Gasteiger partial charge in [-0.3, -0.25) is 4.79 Å². The summed E-state index contributed by atoms with van der Waals surface area (Å²) in [7, 11) is 4.58. The molecule has 1 atom stereocenters. The van der Waals surface area contributed by atoms with Crippen LogP contribution in [0.2, 0.25) is 0 Å². The van der Waals surface area contributed by atoms with Gasteiger partial charge in [-0.2, -0.15) is 5.10 Å². The third-order valence-electron chi connectivity index (χ3n) is 3.88. The molecule has 0 radical (unpaired) electrons. The molecule has 142 valence electrons. The molecule has 0 fully saturated rings. The van der Waals surface area contributed by atoms with Crippen LogP contribution in [-0.2, 0) is 4.79 Å². The summed E-state index contributed by atoms with van der Waals surface area (Å²) in [6.07, 6.45) is 0.692. The molecule has 27 heavy (non-hydrogen) atoms. The molecule has 8 heteroatoms. The van der Waals surface area contributed by atoms with Gasteiger partial charge in [0.25, 0.3) is 5.91 Å². The van der Waals surface area contributed by atoms with E-state index in [-0.39, 0.29) is 6.61 Å². The molecule has 1 heterocycles. The van der Waals surface area contributed by atoms with E-state index >= 15 is 0 Å². The summed E-state index contributed by atoms with van der Waals surface area (Å²) in [6, 6.07) is 10.6. The van der Waals surface area contributed by atoms with Gasteiger partial charge in [-0.15, -0.1) is 0 Å². The van der Waals surface area contributed by atoms with Gasteiger partial charge in [-0.25, -0.2) is 5.43 Å². The Labute approximate surface area is 156 Å². The van der Waals surface area contributed by atoms with Crippen molar-refractivity contribution in [1.82, 2.24) is 5.43 Å². The maximum Gasteiger partial charge on any atom is 0.284 e. The van der Waals surface area contributed by atoms with Crippen molar-refractivity contribution in [3.63, 3.8) is 0 Å². The highest BCUT2D eigenvalue weighted by Gasteiger charge is 2.27. The molecule has 8 nitrogen and oxygen atoms in total. The number of para-hydroxylation sites is 2. The number of amides is 1. The van der Waals surface area contributed by atoms with Crippen LogP contribution in [0.1, 0.15) is 5.56 Å². The van der Waals surface area contributed by atoms with E-state index < -0.39 is 12.0 Å². The predicted molar refractivity (Wildman–Crippen MR) is 98.2 cm³/mol. The zero-order valence-electron chi connectivity index (χ0n) is 15.2. The minimum absolute atomic E-state index is 0.114. The maximum atomic E-state index is 12.2. The summed E-state index contributed by atoms with van der Waals surface area (Å²) in [6.45, 7) is 0.114. The Morgan fingerprint density at radius 3 is 2.41 bits per heavy atom. The molecule has 0 aliphatic carbocycles. The number of carbonyl (C=O) groups excluding carboxylic acids is 1. The van der Waals surface area contributed by atoms with Crippen molar-refractivity contribution in [1.29, 1.82) is 0 Å². The molecule has 2 aromatic rings. The topological polar surface area (TPSA) is 87.6 Å². The Balaban J connectivity index is 1.66. The first-order valence-electron chi connectivity index (χ1n) is 8.17. The molecule has 0 saturated carbocycles. The van der Waals surface area contributed by atoms with Crippen molar-refractivity contribution in [2.75, 3.05) is 27.9 Å². The van der Waals surface area contributed by atoms with E-state index in [4.69, 9.17) is 23.7 Å². The lowest BCUT2D eigenvalue weighted by Gasteiger charge is -2.24. The Kier molecular flexibility index (Phi) is 5.65. The Bertz CT molecular complexity index is 827. The van der Waals surface area contributed by atoms with Gasteiger partial charge >= 0.3 is 0 Å². The van der Waals surface area contributed by atoms with E-state index in [1.54, 1.807) is 24.3 Å². The molecule has 3 rings (SSSR count). The molecule has 0 saturated heterocycles. The van der Waals surface area contributed by atoms with Crippen LogP contribution in [0.15, 0.2) is 41.5 Å². The van der Waals surface area contributed by atoms with Crippen molar-refractivity contribution < 1.29 is 28.5 Å². The monoisotopic (exact) mass is 372 g/mol. The molecular formula is C19H20N2O6. The average Bonchev–Trinajstić information content (AvgIpc) is 2.72. The Morgan fingerprint density at radius 1 is 1.11 bits per heavy atom. The molecule has 1 aliphatic heterocycles. The summed E-state index contributed by atoms with van der Waals surface area (Å²) in [5.74, 6) is 2.19. The summed E-state index contributed by atoms with van der Waals surface area (Å²) >= 11 is 0. The summed E-state index contributed by atoms with van der Waals surface area (Å²) < 4.78 is 27.0. The average molecular weight is 372 g/mol. The number of hydrogen-bond donors (Lipinski definition) is 1. The van der Waals surface area contributed by atoms with E-state index in [0.717, 1.165) is 0 Å². The number of nitrogens with one attached hydrogen (secondary N) is 1. The number of carbonyl (C=O) groups is 1. The Morgan fingerprint density at radius 2 is 1.78 bits per heavy atom. The first-order chi connectivity index (χ1) is 13.2. The standard InChI is InChI=1S/C19H20N2O6/c1-23-15-8-12(9-16(24-2)18(15)25-3)10-20-21-19(22)17-11-26-13-6-4-5-7-14(13)27-17/h4-10,17H,11H2,1-3H3,(H,21,22)/b20-10-/t17-/m0/s1. The number of hydrogen-bond acceptors (Lipinski definition) is 7. The van der Waals surface area contributed by atoms with Crippen LogP contribution >= 0.6 is 0 Å². The first kappa shape index (κ1) is 18.4. The van der Waals surface area contributed by atoms with Crippen LogP contribution in [0.5, 0.6) is 28.7 Å². The first-order valence-corrected chi connectivity index (χ1v) is 8.17. The minimum Gasteiger partial charge on any atom is -0.493 e. The third kappa shape index (κ3) is 4.05. The summed E-state index contributed by atoms with van der Waals surface area (Å²) in [5.41, 5.74) is 3.11. The molecule has 1 N–H and O–H groups in total. The van der Waals surface area contributed by atoms with Gasteiger partial charge in [0.15, 0.2) is 23.0 Å². The van der Waals surface area contributed by atoms with Gasteiger partial charge in [-0.05, 0) is 24.3 Å². The Hall–Kier alpha value is -3.42. The minimum atomic E-state index is -0.781. The predicted octanol–water partition coefficient (Wildman–Crippen LogP) is 2.00. The van der Waals surface area contributed by atoms with E-state index in [1.165, 1.54) is 27.5 Å². The van der Waals surface area contributed by atoms with Crippen molar-refractivity contribution in [2.24, 2.45) is 5.10 Å². The van der Waals surface area contributed by atoms with Crippen molar-refractivity contribution in [3.05, 3.63) is 42.0 Å². The molecule has 0 aromatic heterocycles. The van der Waals surface area contributed by atoms with E-state index in [2.05, 4.69) is 10.5 Å². The van der Waals surface area contributed by atoms with Crippen LogP contribution in [0.3, 0.4) is 0 Å². The fourth-order valence-electron chi connectivity index (χ4n) is 2.57. The van der Waals surface area contributed by atoms with Gasteiger partial charge < -0.3 is 23.7 Å². The highest BCUT2D eigenvalue weighted by molar-refractivity contribution is 5.86. The molecule has 1 aliphatic rings.